The Morgan fingerprint density at radius 3 is 2.66 bits per heavy atom. The Morgan fingerprint density at radius 2 is 1.95 bits per heavy atom. The number of piperidine rings is 1. The number of ether oxygens (including phenoxy) is 2. The van der Waals surface area contributed by atoms with E-state index in [-0.39, 0.29) is 36.2 Å². The molecule has 11 heteroatoms. The minimum atomic E-state index is -0.605. The Hall–Kier alpha value is -4.59. The smallest absolute Gasteiger partial charge is 0.407 e. The zero-order valence-electron chi connectivity index (χ0n) is 24.0. The molecule has 0 radical (unpaired) electrons. The van der Waals surface area contributed by atoms with Gasteiger partial charge in [-0.1, -0.05) is 12.6 Å². The number of anilines is 1. The molecule has 0 unspecified atom stereocenters. The molecule has 0 atom stereocenters. The van der Waals surface area contributed by atoms with Crippen LogP contribution < -0.4 is 20.5 Å². The number of hydrogen-bond acceptors (Lipinski definition) is 8. The maximum atomic E-state index is 12.9. The molecular formula is C30H34N6O5. The molecule has 0 spiro atoms. The van der Waals surface area contributed by atoms with Crippen LogP contribution in [0.5, 0.6) is 5.75 Å². The fourth-order valence-electron chi connectivity index (χ4n) is 4.97. The summed E-state index contributed by atoms with van der Waals surface area (Å²) in [5, 5.41) is 2.62. The number of hydrogen-bond donors (Lipinski definition) is 1. The van der Waals surface area contributed by atoms with Crippen molar-refractivity contribution in [2.45, 2.75) is 52.1 Å². The number of nitrogens with zero attached hydrogens (tertiary/aromatic N) is 5. The molecule has 1 aliphatic rings. The second-order valence-electron chi connectivity index (χ2n) is 11.3. The monoisotopic (exact) mass is 558 g/mol. The van der Waals surface area contributed by atoms with Gasteiger partial charge in [0.2, 0.25) is 5.52 Å². The van der Waals surface area contributed by atoms with E-state index in [9.17, 15) is 9.59 Å². The van der Waals surface area contributed by atoms with E-state index in [1.165, 1.54) is 4.57 Å². The van der Waals surface area contributed by atoms with Crippen LogP contribution in [0, 0.1) is 13.5 Å². The first-order valence-corrected chi connectivity index (χ1v) is 13.7. The highest BCUT2D eigenvalue weighted by Gasteiger charge is 2.28. The Bertz CT molecular complexity index is 1700. The third-order valence-corrected chi connectivity index (χ3v) is 7.02. The molecular weight excluding hydrogens is 524 g/mol. The molecule has 4 heterocycles. The van der Waals surface area contributed by atoms with Gasteiger partial charge in [0.25, 0.3) is 5.56 Å². The summed E-state index contributed by atoms with van der Waals surface area (Å²) in [6.45, 7) is 16.7. The average Bonchev–Trinajstić information content (AvgIpc) is 3.35. The van der Waals surface area contributed by atoms with Crippen molar-refractivity contribution < 1.29 is 18.7 Å². The van der Waals surface area contributed by atoms with Crippen LogP contribution in [0.2, 0.25) is 0 Å². The van der Waals surface area contributed by atoms with Gasteiger partial charge >= 0.3 is 11.9 Å². The minimum Gasteiger partial charge on any atom is -0.501 e. The largest absolute Gasteiger partial charge is 0.501 e. The van der Waals surface area contributed by atoms with E-state index in [1.54, 1.807) is 40.0 Å². The summed E-state index contributed by atoms with van der Waals surface area (Å²) in [7, 11) is 1.67. The topological polar surface area (TPSA) is 116 Å². The van der Waals surface area contributed by atoms with E-state index in [2.05, 4.69) is 20.0 Å². The van der Waals surface area contributed by atoms with Crippen molar-refractivity contribution in [3.05, 3.63) is 63.6 Å². The number of pyridine rings is 2. The summed E-state index contributed by atoms with van der Waals surface area (Å²) in [6, 6.07) is 9.25. The van der Waals surface area contributed by atoms with Gasteiger partial charge in [0.1, 0.15) is 23.5 Å². The van der Waals surface area contributed by atoms with Crippen LogP contribution in [0.1, 0.15) is 51.0 Å². The van der Waals surface area contributed by atoms with Crippen LogP contribution in [0.4, 0.5) is 16.3 Å². The van der Waals surface area contributed by atoms with Crippen molar-refractivity contribution in [2.75, 3.05) is 31.1 Å². The predicted octanol–water partition coefficient (Wildman–Crippen LogP) is 5.22. The van der Waals surface area contributed by atoms with Gasteiger partial charge in [-0.05, 0) is 64.3 Å². The minimum absolute atomic E-state index is 0.0892. The molecule has 1 aliphatic heterocycles. The van der Waals surface area contributed by atoms with E-state index >= 15 is 0 Å². The van der Waals surface area contributed by atoms with Crippen molar-refractivity contribution in [3.63, 3.8) is 0 Å². The summed E-state index contributed by atoms with van der Waals surface area (Å²) >= 11 is 0. The molecule has 11 nitrogen and oxygen atoms in total. The molecule has 214 valence electrons. The number of fused-ring (bicyclic) bond motifs is 2. The number of amides is 1. The van der Waals surface area contributed by atoms with Crippen LogP contribution >= 0.6 is 0 Å². The van der Waals surface area contributed by atoms with Crippen LogP contribution in [-0.2, 0) is 11.8 Å². The van der Waals surface area contributed by atoms with Crippen LogP contribution in [0.25, 0.3) is 27.0 Å². The van der Waals surface area contributed by atoms with Crippen molar-refractivity contribution >= 4 is 39.7 Å². The molecule has 0 saturated carbocycles. The maximum absolute atomic E-state index is 12.9. The highest BCUT2D eigenvalue weighted by Crippen LogP contribution is 2.36. The van der Waals surface area contributed by atoms with Gasteiger partial charge in [-0.25, -0.2) is 9.78 Å². The van der Waals surface area contributed by atoms with Gasteiger partial charge in [-0.2, -0.15) is 0 Å². The first-order valence-electron chi connectivity index (χ1n) is 13.7. The number of nitrogens with one attached hydrogen (secondary N) is 1. The van der Waals surface area contributed by atoms with Gasteiger partial charge in [0.05, 0.1) is 17.7 Å². The van der Waals surface area contributed by atoms with Gasteiger partial charge < -0.3 is 33.5 Å². The molecule has 5 rings (SSSR count). The van der Waals surface area contributed by atoms with Gasteiger partial charge in [-0.15, -0.1) is 4.98 Å². The summed E-state index contributed by atoms with van der Waals surface area (Å²) < 4.78 is 18.6. The number of oxazole rings is 1. The number of alkyl carbamates (subject to hydrolysis) is 1. The van der Waals surface area contributed by atoms with Gasteiger partial charge in [0, 0.05) is 32.1 Å². The van der Waals surface area contributed by atoms with E-state index in [0.29, 0.717) is 29.8 Å². The number of rotatable bonds is 6. The standard InChI is InChI=1S/C30H34N6O5/c1-18-7-8-23-20(15-18)33-28(40-23)19-9-12-36(13-10-19)22-17-25(37)35(6)21-16-24(27(31-5)34-26(21)22)39-14-11-32-29(38)41-30(2,3)4/h7-8,15-17,19H,9-14H2,1-4,6H3,(H,32,38). The Kier molecular flexibility index (Phi) is 7.58. The van der Waals surface area contributed by atoms with Gasteiger partial charge in [-0.3, -0.25) is 4.79 Å². The number of aryl methyl sites for hydroxylation is 2. The summed E-state index contributed by atoms with van der Waals surface area (Å²) in [5.74, 6) is 1.26. The van der Waals surface area contributed by atoms with Gasteiger partial charge in [0.15, 0.2) is 11.5 Å². The first-order chi connectivity index (χ1) is 19.5. The Morgan fingerprint density at radius 1 is 1.20 bits per heavy atom. The molecule has 1 aromatic carbocycles. The third-order valence-electron chi connectivity index (χ3n) is 7.02. The summed E-state index contributed by atoms with van der Waals surface area (Å²) in [6.07, 6.45) is 1.07. The fourth-order valence-corrected chi connectivity index (χ4v) is 4.97. The molecule has 0 bridgehead atoms. The lowest BCUT2D eigenvalue weighted by Crippen LogP contribution is -2.34. The average molecular weight is 559 g/mol. The normalized spacial score (nSPS) is 14.3. The first kappa shape index (κ1) is 28.0. The van der Waals surface area contributed by atoms with E-state index in [4.69, 9.17) is 25.4 Å². The Balaban J connectivity index is 1.33. The molecule has 1 N–H and O–H groups in total. The molecule has 1 fully saturated rings. The number of aromatic nitrogens is 3. The lowest BCUT2D eigenvalue weighted by molar-refractivity contribution is 0.0520. The Labute approximate surface area is 237 Å². The molecule has 0 aliphatic carbocycles. The van der Waals surface area contributed by atoms with Crippen molar-refractivity contribution in [1.29, 1.82) is 0 Å². The number of benzene rings is 1. The lowest BCUT2D eigenvalue weighted by atomic mass is 9.96. The molecule has 4 aromatic rings. The van der Waals surface area contributed by atoms with Crippen LogP contribution in [0.3, 0.4) is 0 Å². The predicted molar refractivity (Wildman–Crippen MR) is 156 cm³/mol. The zero-order valence-corrected chi connectivity index (χ0v) is 24.0. The third kappa shape index (κ3) is 6.11. The van der Waals surface area contributed by atoms with E-state index < -0.39 is 11.7 Å². The lowest BCUT2D eigenvalue weighted by Gasteiger charge is -2.32. The summed E-state index contributed by atoms with van der Waals surface area (Å²) in [4.78, 5) is 39.9. The van der Waals surface area contributed by atoms with E-state index in [1.807, 2.05) is 25.1 Å². The highest BCUT2D eigenvalue weighted by atomic mass is 16.6. The maximum Gasteiger partial charge on any atom is 0.407 e. The summed E-state index contributed by atoms with van der Waals surface area (Å²) in [5.41, 5.74) is 3.83. The fraction of sp³-hybridized carbons (Fsp3) is 0.433. The SMILES string of the molecule is [C-]#[N+]c1nc2c(N3CCC(c4nc5cc(C)ccc5o4)CC3)cc(=O)n(C)c2cc1OCCNC(=O)OC(C)(C)C. The van der Waals surface area contributed by atoms with Crippen molar-refractivity contribution in [2.24, 2.45) is 7.05 Å². The number of carbonyl (C=O) groups is 1. The highest BCUT2D eigenvalue weighted by molar-refractivity contribution is 5.91. The second-order valence-corrected chi connectivity index (χ2v) is 11.3. The van der Waals surface area contributed by atoms with Crippen molar-refractivity contribution in [3.8, 4) is 5.75 Å². The molecule has 41 heavy (non-hydrogen) atoms. The van der Waals surface area contributed by atoms with E-state index in [0.717, 1.165) is 35.4 Å². The van der Waals surface area contributed by atoms with Crippen LogP contribution in [0.15, 0.2) is 39.5 Å². The molecule has 3 aromatic heterocycles. The second kappa shape index (κ2) is 11.1. The van der Waals surface area contributed by atoms with Crippen LogP contribution in [-0.4, -0.2) is 52.5 Å². The quantitative estimate of drug-likeness (QED) is 0.253. The zero-order chi connectivity index (χ0) is 29.3. The molecule has 1 saturated heterocycles. The molecule has 1 amide bonds. The number of carbonyl (C=O) groups excluding carboxylic acids is 1. The van der Waals surface area contributed by atoms with Crippen molar-refractivity contribution in [1.82, 2.24) is 19.9 Å².